The first kappa shape index (κ1) is 19.3. The molecular weight excluding hydrogens is 320 g/mol. The monoisotopic (exact) mass is 350 g/mol. The van der Waals surface area contributed by atoms with Crippen LogP contribution in [0.5, 0.6) is 0 Å². The molecule has 1 aromatic rings. The van der Waals surface area contributed by atoms with Gasteiger partial charge in [0.25, 0.3) is 0 Å². The average Bonchev–Trinajstić information content (AvgIpc) is 2.56. The summed E-state index contributed by atoms with van der Waals surface area (Å²) in [5.41, 5.74) is 1.25. The standard InChI is InChI=1S/C20H30N2O.ClH/c23-20(10-9-17-11-13-21-14-12-17)22(16-19-7-4-8-19)15-18-5-2-1-3-6-18;/h1-3,5-6,17,19,21H,4,7-16H2;1H. The Hall–Kier alpha value is -1.06. The maximum Gasteiger partial charge on any atom is 0.222 e. The van der Waals surface area contributed by atoms with E-state index in [0.29, 0.717) is 5.91 Å². The van der Waals surface area contributed by atoms with Gasteiger partial charge in [-0.05, 0) is 62.6 Å². The fourth-order valence-corrected chi connectivity index (χ4v) is 3.70. The van der Waals surface area contributed by atoms with Crippen molar-refractivity contribution in [2.45, 2.75) is 51.5 Å². The molecule has 2 fully saturated rings. The quantitative estimate of drug-likeness (QED) is 0.805. The maximum atomic E-state index is 12.8. The third kappa shape index (κ3) is 5.78. The van der Waals surface area contributed by atoms with Crippen molar-refractivity contribution >= 4 is 18.3 Å². The number of rotatable bonds is 7. The SMILES string of the molecule is Cl.O=C(CCC1CCNCC1)N(Cc1ccccc1)CC1CCC1. The Morgan fingerprint density at radius 2 is 1.75 bits per heavy atom. The molecule has 3 nitrogen and oxygen atoms in total. The van der Waals surface area contributed by atoms with Gasteiger partial charge < -0.3 is 10.2 Å². The first-order valence-corrected chi connectivity index (χ1v) is 9.33. The van der Waals surface area contributed by atoms with E-state index in [-0.39, 0.29) is 12.4 Å². The molecule has 134 valence electrons. The summed E-state index contributed by atoms with van der Waals surface area (Å²) in [5.74, 6) is 1.84. The highest BCUT2D eigenvalue weighted by molar-refractivity contribution is 5.85. The summed E-state index contributed by atoms with van der Waals surface area (Å²) >= 11 is 0. The lowest BCUT2D eigenvalue weighted by Crippen LogP contribution is -2.37. The molecule has 1 aliphatic heterocycles. The van der Waals surface area contributed by atoms with Crippen LogP contribution < -0.4 is 5.32 Å². The van der Waals surface area contributed by atoms with Crippen molar-refractivity contribution in [1.29, 1.82) is 0 Å². The number of nitrogens with one attached hydrogen (secondary N) is 1. The summed E-state index contributed by atoms with van der Waals surface area (Å²) in [4.78, 5) is 14.9. The van der Waals surface area contributed by atoms with E-state index in [4.69, 9.17) is 0 Å². The van der Waals surface area contributed by atoms with Crippen LogP contribution in [0.15, 0.2) is 30.3 Å². The van der Waals surface area contributed by atoms with Gasteiger partial charge in [-0.25, -0.2) is 0 Å². The number of hydrogen-bond acceptors (Lipinski definition) is 2. The molecule has 4 heteroatoms. The van der Waals surface area contributed by atoms with Crippen LogP contribution in [0.2, 0.25) is 0 Å². The predicted octanol–water partition coefficient (Wildman–Crippen LogP) is 4.02. The molecule has 1 N–H and O–H groups in total. The fraction of sp³-hybridized carbons (Fsp3) is 0.650. The average molecular weight is 351 g/mol. The Morgan fingerprint density at radius 3 is 2.38 bits per heavy atom. The molecule has 1 saturated heterocycles. The summed E-state index contributed by atoms with van der Waals surface area (Å²) in [7, 11) is 0. The Labute approximate surface area is 152 Å². The van der Waals surface area contributed by atoms with Crippen molar-refractivity contribution < 1.29 is 4.79 Å². The van der Waals surface area contributed by atoms with Gasteiger partial charge in [0.15, 0.2) is 0 Å². The van der Waals surface area contributed by atoms with E-state index in [2.05, 4.69) is 34.5 Å². The summed E-state index contributed by atoms with van der Waals surface area (Å²) in [6.07, 6.45) is 8.19. The minimum atomic E-state index is 0. The summed E-state index contributed by atoms with van der Waals surface area (Å²) < 4.78 is 0. The van der Waals surface area contributed by atoms with Crippen LogP contribution in [0.1, 0.15) is 50.5 Å². The number of halogens is 1. The van der Waals surface area contributed by atoms with E-state index in [9.17, 15) is 4.79 Å². The Kier molecular flexibility index (Phi) is 8.07. The van der Waals surface area contributed by atoms with Gasteiger partial charge in [-0.2, -0.15) is 0 Å². The number of amides is 1. The molecule has 0 bridgehead atoms. The van der Waals surface area contributed by atoms with Crippen molar-refractivity contribution in [3.8, 4) is 0 Å². The van der Waals surface area contributed by atoms with E-state index in [1.807, 2.05) is 6.07 Å². The molecule has 0 aromatic heterocycles. The highest BCUT2D eigenvalue weighted by Crippen LogP contribution is 2.28. The zero-order valence-corrected chi connectivity index (χ0v) is 15.4. The highest BCUT2D eigenvalue weighted by Gasteiger charge is 2.24. The second-order valence-electron chi connectivity index (χ2n) is 7.29. The van der Waals surface area contributed by atoms with Gasteiger partial charge in [-0.1, -0.05) is 36.8 Å². The zero-order valence-electron chi connectivity index (χ0n) is 14.6. The highest BCUT2D eigenvalue weighted by atomic mass is 35.5. The predicted molar refractivity (Wildman–Crippen MR) is 101 cm³/mol. The lowest BCUT2D eigenvalue weighted by molar-refractivity contribution is -0.133. The van der Waals surface area contributed by atoms with Crippen LogP contribution in [0.4, 0.5) is 0 Å². The topological polar surface area (TPSA) is 32.3 Å². The first-order chi connectivity index (χ1) is 11.3. The molecular formula is C20H31ClN2O. The van der Waals surface area contributed by atoms with Crippen molar-refractivity contribution in [3.05, 3.63) is 35.9 Å². The summed E-state index contributed by atoms with van der Waals surface area (Å²) in [6.45, 7) is 3.98. The number of hydrogen-bond donors (Lipinski definition) is 1. The van der Waals surface area contributed by atoms with E-state index in [1.54, 1.807) is 0 Å². The molecule has 1 aliphatic carbocycles. The molecule has 1 amide bonds. The number of carbonyl (C=O) groups is 1. The largest absolute Gasteiger partial charge is 0.338 e. The van der Waals surface area contributed by atoms with Crippen LogP contribution >= 0.6 is 12.4 Å². The summed E-state index contributed by atoms with van der Waals surface area (Å²) in [5, 5.41) is 3.40. The lowest BCUT2D eigenvalue weighted by Gasteiger charge is -2.33. The number of benzene rings is 1. The van der Waals surface area contributed by atoms with Gasteiger partial charge in [-0.3, -0.25) is 4.79 Å². The fourth-order valence-electron chi connectivity index (χ4n) is 3.70. The van der Waals surface area contributed by atoms with Gasteiger partial charge in [0, 0.05) is 19.5 Å². The van der Waals surface area contributed by atoms with Crippen LogP contribution in [0, 0.1) is 11.8 Å². The van der Waals surface area contributed by atoms with E-state index in [1.165, 1.54) is 37.7 Å². The minimum absolute atomic E-state index is 0. The van der Waals surface area contributed by atoms with Crippen molar-refractivity contribution in [1.82, 2.24) is 10.2 Å². The second-order valence-corrected chi connectivity index (χ2v) is 7.29. The van der Waals surface area contributed by atoms with E-state index < -0.39 is 0 Å². The van der Waals surface area contributed by atoms with E-state index >= 15 is 0 Å². The third-order valence-electron chi connectivity index (χ3n) is 5.50. The van der Waals surface area contributed by atoms with Crippen molar-refractivity contribution in [2.75, 3.05) is 19.6 Å². The molecule has 0 unspecified atom stereocenters. The second kappa shape index (κ2) is 10.0. The number of carbonyl (C=O) groups excluding carboxylic acids is 1. The van der Waals surface area contributed by atoms with Crippen molar-refractivity contribution in [3.63, 3.8) is 0 Å². The molecule has 24 heavy (non-hydrogen) atoms. The lowest BCUT2D eigenvalue weighted by atomic mass is 9.85. The molecule has 0 atom stereocenters. The summed E-state index contributed by atoms with van der Waals surface area (Å²) in [6, 6.07) is 10.4. The molecule has 2 aliphatic rings. The van der Waals surface area contributed by atoms with Crippen LogP contribution in [-0.4, -0.2) is 30.4 Å². The normalized spacial score (nSPS) is 18.5. The van der Waals surface area contributed by atoms with E-state index in [0.717, 1.165) is 50.9 Å². The smallest absolute Gasteiger partial charge is 0.222 e. The Bertz CT molecular complexity index is 484. The Morgan fingerprint density at radius 1 is 1.04 bits per heavy atom. The molecule has 0 radical (unpaired) electrons. The van der Waals surface area contributed by atoms with Crippen LogP contribution in [-0.2, 0) is 11.3 Å². The molecule has 1 heterocycles. The van der Waals surface area contributed by atoms with Gasteiger partial charge in [-0.15, -0.1) is 12.4 Å². The number of piperidine rings is 1. The van der Waals surface area contributed by atoms with Gasteiger partial charge >= 0.3 is 0 Å². The van der Waals surface area contributed by atoms with Gasteiger partial charge in [0.05, 0.1) is 0 Å². The molecule has 3 rings (SSSR count). The van der Waals surface area contributed by atoms with Crippen LogP contribution in [0.3, 0.4) is 0 Å². The van der Waals surface area contributed by atoms with Gasteiger partial charge in [0.2, 0.25) is 5.91 Å². The first-order valence-electron chi connectivity index (χ1n) is 9.33. The molecule has 1 aromatic carbocycles. The third-order valence-corrected chi connectivity index (χ3v) is 5.50. The number of nitrogens with zero attached hydrogens (tertiary/aromatic N) is 1. The minimum Gasteiger partial charge on any atom is -0.338 e. The van der Waals surface area contributed by atoms with Crippen LogP contribution in [0.25, 0.3) is 0 Å². The van der Waals surface area contributed by atoms with Crippen molar-refractivity contribution in [2.24, 2.45) is 11.8 Å². The Balaban J connectivity index is 0.00000208. The molecule has 1 saturated carbocycles. The maximum absolute atomic E-state index is 12.8. The van der Waals surface area contributed by atoms with Gasteiger partial charge in [0.1, 0.15) is 0 Å². The molecule has 0 spiro atoms. The zero-order chi connectivity index (χ0) is 15.9.